The van der Waals surface area contributed by atoms with E-state index in [2.05, 4.69) is 20.9 Å². The van der Waals surface area contributed by atoms with Crippen molar-refractivity contribution in [2.45, 2.75) is 44.3 Å². The predicted molar refractivity (Wildman–Crippen MR) is 141 cm³/mol. The first-order chi connectivity index (χ1) is 18.4. The number of benzene rings is 2. The van der Waals surface area contributed by atoms with E-state index < -0.39 is 23.2 Å². The smallest absolute Gasteiger partial charge is 0.228 e. The third kappa shape index (κ3) is 4.85. The van der Waals surface area contributed by atoms with E-state index in [-0.39, 0.29) is 17.7 Å². The summed E-state index contributed by atoms with van der Waals surface area (Å²) >= 11 is 0. The Morgan fingerprint density at radius 2 is 1.66 bits per heavy atom. The van der Waals surface area contributed by atoms with Gasteiger partial charge in [-0.15, -0.1) is 0 Å². The first kappa shape index (κ1) is 25.8. The second kappa shape index (κ2) is 10.8. The molecule has 2 aromatic carbocycles. The standard InChI is InChI=1S/C29H32F2N4O3/c1-37-25-14-13-20(28(33-25)38-2)29(34-23-15-21(30)22(31)16-24(23)35-29)26(19-11-7-4-8-12-19)27(36)32-17-18-9-5-3-6-10-18/h3,5-6,9-10,13-16,19,26,34-35H,4,7-8,11-12,17H2,1-2H3,(H,32,36). The van der Waals surface area contributed by atoms with E-state index in [1.165, 1.54) is 14.2 Å². The van der Waals surface area contributed by atoms with Crippen LogP contribution in [0.25, 0.3) is 0 Å². The molecular weight excluding hydrogens is 490 g/mol. The molecule has 1 amide bonds. The molecule has 0 saturated heterocycles. The lowest BCUT2D eigenvalue weighted by Crippen LogP contribution is -2.55. The van der Waals surface area contributed by atoms with Crippen LogP contribution in [0.4, 0.5) is 20.2 Å². The van der Waals surface area contributed by atoms with Gasteiger partial charge < -0.3 is 25.4 Å². The molecule has 200 valence electrons. The van der Waals surface area contributed by atoms with Crippen LogP contribution in [-0.4, -0.2) is 25.1 Å². The molecule has 1 aromatic heterocycles. The summed E-state index contributed by atoms with van der Waals surface area (Å²) in [6.45, 7) is 0.354. The summed E-state index contributed by atoms with van der Waals surface area (Å²) in [5.41, 5.74) is 0.955. The summed E-state index contributed by atoms with van der Waals surface area (Å²) in [5, 5.41) is 9.89. The quantitative estimate of drug-likeness (QED) is 0.358. The molecule has 7 nitrogen and oxygen atoms in total. The maximum Gasteiger partial charge on any atom is 0.228 e. The molecule has 1 aliphatic heterocycles. The fraction of sp³-hybridized carbons (Fsp3) is 0.379. The van der Waals surface area contributed by atoms with Crippen molar-refractivity contribution in [1.29, 1.82) is 0 Å². The van der Waals surface area contributed by atoms with Crippen molar-refractivity contribution in [3.8, 4) is 11.8 Å². The Hall–Kier alpha value is -3.88. The Labute approximate surface area is 221 Å². The number of nitrogens with zero attached hydrogens (tertiary/aromatic N) is 1. The molecule has 1 atom stereocenters. The van der Waals surface area contributed by atoms with Gasteiger partial charge in [0.15, 0.2) is 17.3 Å². The number of hydrogen-bond donors (Lipinski definition) is 3. The number of nitrogens with one attached hydrogen (secondary N) is 3. The van der Waals surface area contributed by atoms with Gasteiger partial charge in [0, 0.05) is 24.7 Å². The average molecular weight is 523 g/mol. The second-order valence-electron chi connectivity index (χ2n) is 9.86. The highest BCUT2D eigenvalue weighted by Gasteiger charge is 2.53. The molecule has 1 fully saturated rings. The molecule has 1 saturated carbocycles. The summed E-state index contributed by atoms with van der Waals surface area (Å²) < 4.78 is 39.6. The van der Waals surface area contributed by atoms with Crippen LogP contribution in [0.3, 0.4) is 0 Å². The minimum Gasteiger partial charge on any atom is -0.481 e. The van der Waals surface area contributed by atoms with Gasteiger partial charge in [0.1, 0.15) is 0 Å². The summed E-state index contributed by atoms with van der Waals surface area (Å²) in [5.74, 6) is -2.20. The second-order valence-corrected chi connectivity index (χ2v) is 9.86. The number of halogens is 2. The molecule has 0 spiro atoms. The van der Waals surface area contributed by atoms with Crippen LogP contribution in [-0.2, 0) is 17.0 Å². The van der Waals surface area contributed by atoms with Gasteiger partial charge in [0.05, 0.1) is 37.1 Å². The van der Waals surface area contributed by atoms with Gasteiger partial charge in [-0.3, -0.25) is 4.79 Å². The molecule has 1 aliphatic carbocycles. The van der Waals surface area contributed by atoms with Gasteiger partial charge in [-0.2, -0.15) is 4.98 Å². The number of rotatable bonds is 8. The Balaban J connectivity index is 1.63. The molecule has 38 heavy (non-hydrogen) atoms. The number of methoxy groups -OCH3 is 2. The SMILES string of the molecule is COc1ccc(C2(C(C(=O)NCc3ccccc3)C3CCCCC3)Nc3cc(F)c(F)cc3N2)c(OC)n1. The summed E-state index contributed by atoms with van der Waals surface area (Å²) in [6.07, 6.45) is 4.79. The van der Waals surface area contributed by atoms with E-state index in [0.29, 0.717) is 29.4 Å². The summed E-state index contributed by atoms with van der Waals surface area (Å²) in [7, 11) is 3.00. The van der Waals surface area contributed by atoms with Crippen molar-refractivity contribution in [2.24, 2.45) is 11.8 Å². The third-order valence-corrected chi connectivity index (χ3v) is 7.57. The molecule has 3 N–H and O–H groups in total. The Bertz CT molecular complexity index is 1270. The van der Waals surface area contributed by atoms with Crippen LogP contribution < -0.4 is 25.4 Å². The molecule has 2 heterocycles. The molecule has 5 rings (SSSR count). The van der Waals surface area contributed by atoms with Crippen molar-refractivity contribution in [2.75, 3.05) is 24.9 Å². The van der Waals surface area contributed by atoms with Crippen molar-refractivity contribution in [3.05, 3.63) is 77.4 Å². The molecule has 2 aliphatic rings. The van der Waals surface area contributed by atoms with Gasteiger partial charge in [-0.05, 0) is 30.4 Å². The molecule has 3 aromatic rings. The molecule has 9 heteroatoms. The number of fused-ring (bicyclic) bond motifs is 1. The van der Waals surface area contributed by atoms with Crippen LogP contribution in [0, 0.1) is 23.5 Å². The van der Waals surface area contributed by atoms with Crippen molar-refractivity contribution in [3.63, 3.8) is 0 Å². The van der Waals surface area contributed by atoms with E-state index in [0.717, 1.165) is 49.8 Å². The molecular formula is C29H32F2N4O3. The zero-order chi connectivity index (χ0) is 26.7. The number of pyridine rings is 1. The maximum absolute atomic E-state index is 14.3. The Morgan fingerprint density at radius 3 is 2.26 bits per heavy atom. The van der Waals surface area contributed by atoms with Crippen LogP contribution in [0.5, 0.6) is 11.8 Å². The van der Waals surface area contributed by atoms with Gasteiger partial charge in [0.2, 0.25) is 17.7 Å². The number of hydrogen-bond acceptors (Lipinski definition) is 6. The minimum atomic E-state index is -1.28. The summed E-state index contributed by atoms with van der Waals surface area (Å²) in [6, 6.07) is 15.4. The van der Waals surface area contributed by atoms with E-state index in [1.807, 2.05) is 30.3 Å². The van der Waals surface area contributed by atoms with E-state index >= 15 is 0 Å². The van der Waals surface area contributed by atoms with Crippen LogP contribution in [0.1, 0.15) is 43.2 Å². The molecule has 0 radical (unpaired) electrons. The number of carbonyl (C=O) groups excluding carboxylic acids is 1. The van der Waals surface area contributed by atoms with Crippen LogP contribution >= 0.6 is 0 Å². The maximum atomic E-state index is 14.3. The zero-order valence-electron chi connectivity index (χ0n) is 21.5. The topological polar surface area (TPSA) is 84.5 Å². The van der Waals surface area contributed by atoms with E-state index in [9.17, 15) is 13.6 Å². The van der Waals surface area contributed by atoms with Crippen LogP contribution in [0.2, 0.25) is 0 Å². The lowest BCUT2D eigenvalue weighted by Gasteiger charge is -2.43. The van der Waals surface area contributed by atoms with Gasteiger partial charge in [-0.25, -0.2) is 8.78 Å². The predicted octanol–water partition coefficient (Wildman–Crippen LogP) is 5.58. The zero-order valence-corrected chi connectivity index (χ0v) is 21.5. The Kier molecular flexibility index (Phi) is 7.35. The first-order valence-electron chi connectivity index (χ1n) is 12.9. The number of carbonyl (C=O) groups is 1. The molecule has 0 bridgehead atoms. The highest BCUT2D eigenvalue weighted by atomic mass is 19.2. The summed E-state index contributed by atoms with van der Waals surface area (Å²) in [4.78, 5) is 18.6. The number of aromatic nitrogens is 1. The average Bonchev–Trinajstić information content (AvgIpc) is 3.31. The fourth-order valence-electron chi connectivity index (χ4n) is 5.79. The monoisotopic (exact) mass is 522 g/mol. The van der Waals surface area contributed by atoms with E-state index in [4.69, 9.17) is 9.47 Å². The lowest BCUT2D eigenvalue weighted by atomic mass is 9.71. The highest BCUT2D eigenvalue weighted by molar-refractivity contribution is 5.86. The van der Waals surface area contributed by atoms with Gasteiger partial charge >= 0.3 is 0 Å². The van der Waals surface area contributed by atoms with Gasteiger partial charge in [-0.1, -0.05) is 49.6 Å². The number of amides is 1. The number of ether oxygens (including phenoxy) is 2. The van der Waals surface area contributed by atoms with Crippen molar-refractivity contribution in [1.82, 2.24) is 10.3 Å². The number of anilines is 2. The molecule has 1 unspecified atom stereocenters. The van der Waals surface area contributed by atoms with Crippen LogP contribution in [0.15, 0.2) is 54.6 Å². The Morgan fingerprint density at radius 1 is 1.00 bits per heavy atom. The van der Waals surface area contributed by atoms with E-state index in [1.54, 1.807) is 12.1 Å². The fourth-order valence-corrected chi connectivity index (χ4v) is 5.79. The van der Waals surface area contributed by atoms with Crippen molar-refractivity contribution >= 4 is 17.3 Å². The highest BCUT2D eigenvalue weighted by Crippen LogP contribution is 2.51. The minimum absolute atomic E-state index is 0.00432. The lowest BCUT2D eigenvalue weighted by molar-refractivity contribution is -0.129. The van der Waals surface area contributed by atoms with Crippen molar-refractivity contribution < 1.29 is 23.0 Å². The van der Waals surface area contributed by atoms with Gasteiger partial charge in [0.25, 0.3) is 0 Å². The first-order valence-corrected chi connectivity index (χ1v) is 12.9. The third-order valence-electron chi connectivity index (χ3n) is 7.57. The largest absolute Gasteiger partial charge is 0.481 e. The normalized spacial score (nSPS) is 17.1.